The summed E-state index contributed by atoms with van der Waals surface area (Å²) in [6.07, 6.45) is 3.58. The van der Waals surface area contributed by atoms with Crippen molar-refractivity contribution in [3.8, 4) is 0 Å². The molecular weight excluding hydrogens is 230 g/mol. The Balaban J connectivity index is 2.16. The van der Waals surface area contributed by atoms with Crippen LogP contribution in [0.3, 0.4) is 0 Å². The Hall–Kier alpha value is -1.62. The number of carbonyl (C=O) groups is 1. The number of rotatable bonds is 4. The molecule has 1 amide bonds. The highest BCUT2D eigenvalue weighted by molar-refractivity contribution is 5.84. The van der Waals surface area contributed by atoms with E-state index in [0.717, 1.165) is 25.1 Å². The number of aliphatic hydroxyl groups is 1. The van der Waals surface area contributed by atoms with Gasteiger partial charge < -0.3 is 15.7 Å². The fourth-order valence-corrected chi connectivity index (χ4v) is 2.35. The standard InChI is InChI=1S/C13H19N3O2/c1-2-12(17)10-6-5-9(8-15-10)16-7-3-4-11(16)13(14)18/h5-6,8,11-12,17H,2-4,7H2,1H3,(H2,14,18)/t11?,12-/m0/s1. The summed E-state index contributed by atoms with van der Waals surface area (Å²) in [6.45, 7) is 2.73. The van der Waals surface area contributed by atoms with Gasteiger partial charge in [0.1, 0.15) is 6.04 Å². The zero-order valence-electron chi connectivity index (χ0n) is 10.5. The van der Waals surface area contributed by atoms with Crippen LogP contribution in [0.15, 0.2) is 18.3 Å². The zero-order valence-corrected chi connectivity index (χ0v) is 10.5. The average molecular weight is 249 g/mol. The van der Waals surface area contributed by atoms with Crippen molar-refractivity contribution < 1.29 is 9.90 Å². The monoisotopic (exact) mass is 249 g/mol. The number of carbonyl (C=O) groups excluding carboxylic acids is 1. The Morgan fingerprint density at radius 3 is 3.00 bits per heavy atom. The summed E-state index contributed by atoms with van der Waals surface area (Å²) in [7, 11) is 0. The maximum atomic E-state index is 11.3. The SMILES string of the molecule is CC[C@H](O)c1ccc(N2CCCC2C(N)=O)cn1. The molecule has 1 unspecified atom stereocenters. The summed E-state index contributed by atoms with van der Waals surface area (Å²) < 4.78 is 0. The van der Waals surface area contributed by atoms with Gasteiger partial charge in [0.25, 0.3) is 0 Å². The van der Waals surface area contributed by atoms with Gasteiger partial charge in [0.15, 0.2) is 0 Å². The van der Waals surface area contributed by atoms with Gasteiger partial charge in [0.05, 0.1) is 23.7 Å². The Morgan fingerprint density at radius 2 is 2.44 bits per heavy atom. The van der Waals surface area contributed by atoms with E-state index in [1.54, 1.807) is 12.3 Å². The van der Waals surface area contributed by atoms with E-state index in [0.29, 0.717) is 12.1 Å². The Morgan fingerprint density at radius 1 is 1.67 bits per heavy atom. The second-order valence-corrected chi connectivity index (χ2v) is 4.62. The molecule has 0 bridgehead atoms. The first-order valence-corrected chi connectivity index (χ1v) is 6.33. The smallest absolute Gasteiger partial charge is 0.240 e. The molecule has 0 saturated carbocycles. The predicted octanol–water partition coefficient (Wildman–Crippen LogP) is 0.979. The first kappa shape index (κ1) is 12.8. The number of hydrogen-bond donors (Lipinski definition) is 2. The number of nitrogens with zero attached hydrogens (tertiary/aromatic N) is 2. The first-order chi connectivity index (χ1) is 8.63. The number of anilines is 1. The maximum Gasteiger partial charge on any atom is 0.240 e. The van der Waals surface area contributed by atoms with Crippen molar-refractivity contribution in [1.29, 1.82) is 0 Å². The van der Waals surface area contributed by atoms with Gasteiger partial charge in [-0.05, 0) is 31.4 Å². The summed E-state index contributed by atoms with van der Waals surface area (Å²) in [5, 5.41) is 9.68. The van der Waals surface area contributed by atoms with E-state index in [2.05, 4.69) is 4.98 Å². The molecule has 1 aromatic rings. The van der Waals surface area contributed by atoms with Crippen LogP contribution in [0.5, 0.6) is 0 Å². The lowest BCUT2D eigenvalue weighted by atomic mass is 10.1. The highest BCUT2D eigenvalue weighted by Gasteiger charge is 2.29. The minimum absolute atomic E-state index is 0.228. The molecule has 2 rings (SSSR count). The van der Waals surface area contributed by atoms with E-state index in [-0.39, 0.29) is 11.9 Å². The van der Waals surface area contributed by atoms with E-state index >= 15 is 0 Å². The third kappa shape index (κ3) is 2.46. The molecule has 0 aliphatic carbocycles. The zero-order chi connectivity index (χ0) is 13.1. The van der Waals surface area contributed by atoms with E-state index in [9.17, 15) is 9.90 Å². The molecule has 2 atom stereocenters. The molecule has 0 radical (unpaired) electrons. The van der Waals surface area contributed by atoms with E-state index in [1.165, 1.54) is 0 Å². The van der Waals surface area contributed by atoms with Crippen molar-refractivity contribution in [2.24, 2.45) is 5.73 Å². The second-order valence-electron chi connectivity index (χ2n) is 4.62. The molecule has 1 fully saturated rings. The average Bonchev–Trinajstić information content (AvgIpc) is 2.87. The summed E-state index contributed by atoms with van der Waals surface area (Å²) >= 11 is 0. The Labute approximate surface area is 107 Å². The molecule has 0 spiro atoms. The van der Waals surface area contributed by atoms with E-state index < -0.39 is 6.10 Å². The van der Waals surface area contributed by atoms with Crippen LogP contribution in [-0.4, -0.2) is 28.6 Å². The fourth-order valence-electron chi connectivity index (χ4n) is 2.35. The van der Waals surface area contributed by atoms with Crippen molar-refractivity contribution in [3.05, 3.63) is 24.0 Å². The predicted molar refractivity (Wildman–Crippen MR) is 69.1 cm³/mol. The lowest BCUT2D eigenvalue weighted by Gasteiger charge is -2.24. The molecule has 18 heavy (non-hydrogen) atoms. The van der Waals surface area contributed by atoms with Gasteiger partial charge in [0.2, 0.25) is 5.91 Å². The number of amides is 1. The molecule has 1 saturated heterocycles. The van der Waals surface area contributed by atoms with Crippen molar-refractivity contribution in [2.45, 2.75) is 38.3 Å². The third-order valence-corrected chi connectivity index (χ3v) is 3.41. The van der Waals surface area contributed by atoms with Crippen molar-refractivity contribution in [1.82, 2.24) is 4.98 Å². The van der Waals surface area contributed by atoms with Crippen LogP contribution >= 0.6 is 0 Å². The van der Waals surface area contributed by atoms with Gasteiger partial charge in [0, 0.05) is 6.54 Å². The summed E-state index contributed by atoms with van der Waals surface area (Å²) in [5.41, 5.74) is 6.94. The van der Waals surface area contributed by atoms with Crippen LogP contribution in [0.2, 0.25) is 0 Å². The van der Waals surface area contributed by atoms with Gasteiger partial charge in [-0.25, -0.2) is 0 Å². The maximum absolute atomic E-state index is 11.3. The molecule has 1 aromatic heterocycles. The molecule has 1 aliphatic rings. The van der Waals surface area contributed by atoms with Gasteiger partial charge >= 0.3 is 0 Å². The van der Waals surface area contributed by atoms with Crippen LogP contribution in [0, 0.1) is 0 Å². The largest absolute Gasteiger partial charge is 0.387 e. The highest BCUT2D eigenvalue weighted by Crippen LogP contribution is 2.25. The normalized spacial score (nSPS) is 21.0. The van der Waals surface area contributed by atoms with Crippen LogP contribution in [0.4, 0.5) is 5.69 Å². The first-order valence-electron chi connectivity index (χ1n) is 6.33. The molecule has 5 heteroatoms. The third-order valence-electron chi connectivity index (χ3n) is 3.41. The summed E-state index contributed by atoms with van der Waals surface area (Å²) in [4.78, 5) is 17.6. The molecular formula is C13H19N3O2. The number of pyridine rings is 1. The molecule has 0 aromatic carbocycles. The van der Waals surface area contributed by atoms with Crippen molar-refractivity contribution >= 4 is 11.6 Å². The topological polar surface area (TPSA) is 79.5 Å². The van der Waals surface area contributed by atoms with E-state index in [1.807, 2.05) is 17.9 Å². The van der Waals surface area contributed by atoms with Crippen LogP contribution in [0.25, 0.3) is 0 Å². The van der Waals surface area contributed by atoms with E-state index in [4.69, 9.17) is 5.73 Å². The number of aliphatic hydroxyl groups excluding tert-OH is 1. The quantitative estimate of drug-likeness (QED) is 0.833. The van der Waals surface area contributed by atoms with Gasteiger partial charge in [-0.1, -0.05) is 6.92 Å². The van der Waals surface area contributed by atoms with Gasteiger partial charge in [-0.15, -0.1) is 0 Å². The van der Waals surface area contributed by atoms with Crippen LogP contribution < -0.4 is 10.6 Å². The number of aromatic nitrogens is 1. The van der Waals surface area contributed by atoms with Gasteiger partial charge in [-0.3, -0.25) is 9.78 Å². The fraction of sp³-hybridized carbons (Fsp3) is 0.538. The second kappa shape index (κ2) is 5.35. The molecule has 5 nitrogen and oxygen atoms in total. The van der Waals surface area contributed by atoms with Crippen molar-refractivity contribution in [3.63, 3.8) is 0 Å². The lowest BCUT2D eigenvalue weighted by molar-refractivity contribution is -0.119. The number of hydrogen-bond acceptors (Lipinski definition) is 4. The Kier molecular flexibility index (Phi) is 3.81. The summed E-state index contributed by atoms with van der Waals surface area (Å²) in [5.74, 6) is -0.287. The lowest BCUT2D eigenvalue weighted by Crippen LogP contribution is -2.40. The number of primary amides is 1. The molecule has 3 N–H and O–H groups in total. The molecule has 98 valence electrons. The van der Waals surface area contributed by atoms with Crippen LogP contribution in [-0.2, 0) is 4.79 Å². The van der Waals surface area contributed by atoms with Gasteiger partial charge in [-0.2, -0.15) is 0 Å². The Bertz CT molecular complexity index is 419. The minimum atomic E-state index is -0.524. The minimum Gasteiger partial charge on any atom is -0.387 e. The molecule has 1 aliphatic heterocycles. The number of nitrogens with two attached hydrogens (primary N) is 1. The van der Waals surface area contributed by atoms with Crippen molar-refractivity contribution in [2.75, 3.05) is 11.4 Å². The highest BCUT2D eigenvalue weighted by atomic mass is 16.3. The van der Waals surface area contributed by atoms with Crippen LogP contribution in [0.1, 0.15) is 38.0 Å². The summed E-state index contributed by atoms with van der Waals surface area (Å²) in [6, 6.07) is 3.47. The molecule has 2 heterocycles.